The van der Waals surface area contributed by atoms with Gasteiger partial charge in [0.1, 0.15) is 17.3 Å². The molecule has 0 saturated carbocycles. The first-order chi connectivity index (χ1) is 14.3. The van der Waals surface area contributed by atoms with Crippen LogP contribution in [-0.4, -0.2) is 41.9 Å². The van der Waals surface area contributed by atoms with E-state index in [-0.39, 0.29) is 12.4 Å². The van der Waals surface area contributed by atoms with Crippen molar-refractivity contribution in [3.8, 4) is 0 Å². The summed E-state index contributed by atoms with van der Waals surface area (Å²) in [5.41, 5.74) is -0.0874. The monoisotopic (exact) mass is 431 g/mol. The third-order valence-electron chi connectivity index (χ3n) is 5.24. The zero-order valence-corrected chi connectivity index (χ0v) is 17.4. The summed E-state index contributed by atoms with van der Waals surface area (Å²) in [6, 6.07) is 2.51. The van der Waals surface area contributed by atoms with Crippen LogP contribution in [0.1, 0.15) is 46.8 Å². The molecule has 10 heteroatoms. The zero-order chi connectivity index (χ0) is 21.5. The maximum atomic E-state index is 12.8. The number of imide groups is 1. The minimum atomic E-state index is -1.37. The second-order valence-corrected chi connectivity index (χ2v) is 8.36. The summed E-state index contributed by atoms with van der Waals surface area (Å²) >= 11 is 1.34. The molecule has 158 valence electrons. The molecule has 1 atom stereocenters. The molecule has 3 heterocycles. The minimum absolute atomic E-state index is 0.227. The molecule has 2 aliphatic rings. The topological polar surface area (TPSA) is 118 Å². The number of fused-ring (bicyclic) bond motifs is 1. The van der Waals surface area contributed by atoms with Gasteiger partial charge in [-0.25, -0.2) is 9.59 Å². The molecular weight excluding hydrogens is 410 g/mol. The van der Waals surface area contributed by atoms with Gasteiger partial charge in [-0.1, -0.05) is 0 Å². The van der Waals surface area contributed by atoms with E-state index in [1.54, 1.807) is 19.1 Å². The number of rotatable bonds is 6. The van der Waals surface area contributed by atoms with Crippen molar-refractivity contribution in [1.82, 2.24) is 10.2 Å². The Balaban J connectivity index is 1.51. The number of anilines is 1. The molecule has 2 N–H and O–H groups in total. The van der Waals surface area contributed by atoms with Crippen LogP contribution in [0.5, 0.6) is 0 Å². The van der Waals surface area contributed by atoms with Gasteiger partial charge in [0.2, 0.25) is 5.91 Å². The van der Waals surface area contributed by atoms with Crippen molar-refractivity contribution in [1.29, 1.82) is 0 Å². The molecule has 1 fully saturated rings. The number of esters is 1. The van der Waals surface area contributed by atoms with Crippen molar-refractivity contribution in [3.05, 3.63) is 40.2 Å². The van der Waals surface area contributed by atoms with Crippen LogP contribution < -0.4 is 10.6 Å². The van der Waals surface area contributed by atoms with Gasteiger partial charge in [0.05, 0.1) is 18.4 Å². The third-order valence-corrected chi connectivity index (χ3v) is 6.45. The Morgan fingerprint density at radius 1 is 1.37 bits per heavy atom. The van der Waals surface area contributed by atoms with Crippen LogP contribution in [0.15, 0.2) is 22.8 Å². The van der Waals surface area contributed by atoms with Crippen LogP contribution in [0.25, 0.3) is 0 Å². The summed E-state index contributed by atoms with van der Waals surface area (Å²) < 4.78 is 10.4. The molecule has 0 aromatic carbocycles. The number of aryl methyl sites for hydroxylation is 1. The van der Waals surface area contributed by atoms with E-state index in [0.717, 1.165) is 34.6 Å². The summed E-state index contributed by atoms with van der Waals surface area (Å²) in [6.07, 6.45) is 3.96. The second-order valence-electron chi connectivity index (χ2n) is 7.25. The molecule has 4 amide bonds. The number of carbonyl (C=O) groups is 4. The Morgan fingerprint density at radius 2 is 2.17 bits per heavy atom. The van der Waals surface area contributed by atoms with E-state index in [0.29, 0.717) is 10.6 Å². The van der Waals surface area contributed by atoms with E-state index in [2.05, 4.69) is 10.6 Å². The van der Waals surface area contributed by atoms with Crippen LogP contribution in [-0.2, 0) is 32.7 Å². The van der Waals surface area contributed by atoms with Gasteiger partial charge in [0.25, 0.3) is 5.91 Å². The van der Waals surface area contributed by atoms with Crippen molar-refractivity contribution in [2.24, 2.45) is 0 Å². The third kappa shape index (κ3) is 3.26. The van der Waals surface area contributed by atoms with Gasteiger partial charge < -0.3 is 19.8 Å². The van der Waals surface area contributed by atoms with E-state index in [1.165, 1.54) is 24.5 Å². The van der Waals surface area contributed by atoms with Gasteiger partial charge in [0.15, 0.2) is 5.54 Å². The van der Waals surface area contributed by atoms with Crippen molar-refractivity contribution < 1.29 is 28.3 Å². The number of nitrogens with zero attached hydrogens (tertiary/aromatic N) is 1. The molecule has 4 rings (SSSR count). The molecular formula is C20H21N3O6S. The van der Waals surface area contributed by atoms with Crippen LogP contribution >= 0.6 is 11.3 Å². The first-order valence-electron chi connectivity index (χ1n) is 9.64. The largest absolute Gasteiger partial charge is 0.466 e. The highest BCUT2D eigenvalue weighted by Gasteiger charge is 2.51. The smallest absolute Gasteiger partial charge is 0.341 e. The predicted octanol–water partition coefficient (Wildman–Crippen LogP) is 2.41. The molecule has 1 saturated heterocycles. The Hall–Kier alpha value is -3.14. The SMILES string of the molecule is CCOC(=O)c1c(NC(=O)CN2C(=O)NC(C)(c3ccco3)C2=O)sc2c1CCC2. The first kappa shape index (κ1) is 20.1. The highest BCUT2D eigenvalue weighted by molar-refractivity contribution is 7.17. The number of furan rings is 1. The van der Waals surface area contributed by atoms with E-state index < -0.39 is 35.9 Å². The second kappa shape index (κ2) is 7.60. The molecule has 2 aromatic rings. The van der Waals surface area contributed by atoms with Crippen LogP contribution in [0.4, 0.5) is 9.80 Å². The molecule has 0 spiro atoms. The van der Waals surface area contributed by atoms with Crippen LogP contribution in [0.3, 0.4) is 0 Å². The average molecular weight is 431 g/mol. The predicted molar refractivity (Wildman–Crippen MR) is 107 cm³/mol. The van der Waals surface area contributed by atoms with Crippen LogP contribution in [0.2, 0.25) is 0 Å². The number of ether oxygens (including phenoxy) is 1. The van der Waals surface area contributed by atoms with Gasteiger partial charge in [-0.05, 0) is 50.8 Å². The van der Waals surface area contributed by atoms with Crippen molar-refractivity contribution in [2.45, 2.75) is 38.6 Å². The number of hydrogen-bond acceptors (Lipinski definition) is 7. The molecule has 0 bridgehead atoms. The van der Waals surface area contributed by atoms with Gasteiger partial charge in [-0.15, -0.1) is 11.3 Å². The fraction of sp³-hybridized carbons (Fsp3) is 0.400. The number of urea groups is 1. The van der Waals surface area contributed by atoms with Crippen LogP contribution in [0, 0.1) is 0 Å². The standard InChI is InChI=1S/C20H21N3O6S/c1-3-28-17(25)15-11-6-4-7-12(11)30-16(15)21-14(24)10-23-18(26)20(2,22-19(23)27)13-8-5-9-29-13/h5,8-9H,3-4,6-7,10H2,1-2H3,(H,21,24)(H,22,27). The summed E-state index contributed by atoms with van der Waals surface area (Å²) in [4.78, 5) is 52.2. The molecule has 9 nitrogen and oxygen atoms in total. The lowest BCUT2D eigenvalue weighted by Crippen LogP contribution is -2.41. The summed E-state index contributed by atoms with van der Waals surface area (Å²) in [6.45, 7) is 2.99. The van der Waals surface area contributed by atoms with Gasteiger partial charge >= 0.3 is 12.0 Å². The van der Waals surface area contributed by atoms with E-state index in [9.17, 15) is 19.2 Å². The van der Waals surface area contributed by atoms with Crippen molar-refractivity contribution in [2.75, 3.05) is 18.5 Å². The van der Waals surface area contributed by atoms with Gasteiger partial charge in [-0.2, -0.15) is 0 Å². The fourth-order valence-electron chi connectivity index (χ4n) is 3.79. The van der Waals surface area contributed by atoms with E-state index >= 15 is 0 Å². The number of thiophene rings is 1. The Bertz CT molecular complexity index is 1030. The molecule has 2 aromatic heterocycles. The molecule has 0 radical (unpaired) electrons. The number of amides is 4. The zero-order valence-electron chi connectivity index (χ0n) is 16.6. The average Bonchev–Trinajstić information content (AvgIpc) is 3.45. The lowest BCUT2D eigenvalue weighted by molar-refractivity contribution is -0.134. The molecule has 1 unspecified atom stereocenters. The Kier molecular flexibility index (Phi) is 5.10. The lowest BCUT2D eigenvalue weighted by atomic mass is 9.99. The normalized spacial score (nSPS) is 20.3. The summed E-state index contributed by atoms with van der Waals surface area (Å²) in [5.74, 6) is -1.36. The van der Waals surface area contributed by atoms with E-state index in [4.69, 9.17) is 9.15 Å². The molecule has 1 aliphatic carbocycles. The highest BCUT2D eigenvalue weighted by atomic mass is 32.1. The maximum Gasteiger partial charge on any atom is 0.341 e. The van der Waals surface area contributed by atoms with E-state index in [1.807, 2.05) is 0 Å². The fourth-order valence-corrected chi connectivity index (χ4v) is 5.09. The Morgan fingerprint density at radius 3 is 2.87 bits per heavy atom. The lowest BCUT2D eigenvalue weighted by Gasteiger charge is -2.18. The molecule has 1 aliphatic heterocycles. The minimum Gasteiger partial charge on any atom is -0.466 e. The molecule has 30 heavy (non-hydrogen) atoms. The maximum absolute atomic E-state index is 12.8. The van der Waals surface area contributed by atoms with Crippen molar-refractivity contribution in [3.63, 3.8) is 0 Å². The van der Waals surface area contributed by atoms with Gasteiger partial charge in [0, 0.05) is 4.88 Å². The number of carbonyl (C=O) groups excluding carboxylic acids is 4. The quantitative estimate of drug-likeness (QED) is 0.536. The first-order valence-corrected chi connectivity index (χ1v) is 10.5. The van der Waals surface area contributed by atoms with Gasteiger partial charge in [-0.3, -0.25) is 14.5 Å². The van der Waals surface area contributed by atoms with Crippen molar-refractivity contribution >= 4 is 40.2 Å². The Labute approximate surface area is 176 Å². The number of nitrogens with one attached hydrogen (secondary N) is 2. The highest BCUT2D eigenvalue weighted by Crippen LogP contribution is 2.39. The number of hydrogen-bond donors (Lipinski definition) is 2. The summed E-state index contributed by atoms with van der Waals surface area (Å²) in [5, 5.41) is 5.66. The summed E-state index contributed by atoms with van der Waals surface area (Å²) in [7, 11) is 0.